The van der Waals surface area contributed by atoms with Crippen LogP contribution in [-0.4, -0.2) is 24.6 Å². The lowest BCUT2D eigenvalue weighted by Gasteiger charge is -2.21. The predicted octanol–water partition coefficient (Wildman–Crippen LogP) is 2.38. The third-order valence-electron chi connectivity index (χ3n) is 5.14. The molecule has 160 valence electrons. The maximum Gasteiger partial charge on any atom is 0.332 e. The molecule has 0 saturated carbocycles. The van der Waals surface area contributed by atoms with Crippen LogP contribution in [-0.2, 0) is 25.4 Å². The second-order valence-corrected chi connectivity index (χ2v) is 8.34. The standard InChI is InChI=1S/C21H26ClN5O3/c1-13(2)5-10-16(14-6-8-15(22)9-7-14)24-17(28)11-27-20(29)18-19(23-12-25(18)3)26(4)21(27)30/h6-9,12-13,16H,5,10-11H2,1-4H3,(H,24,28). The number of halogens is 1. The van der Waals surface area contributed by atoms with Crippen molar-refractivity contribution in [1.82, 2.24) is 24.0 Å². The van der Waals surface area contributed by atoms with Gasteiger partial charge in [-0.2, -0.15) is 0 Å². The smallest absolute Gasteiger partial charge is 0.332 e. The van der Waals surface area contributed by atoms with Gasteiger partial charge in [0.05, 0.1) is 12.4 Å². The molecule has 9 heteroatoms. The van der Waals surface area contributed by atoms with E-state index in [9.17, 15) is 14.4 Å². The minimum atomic E-state index is -0.577. The Balaban J connectivity index is 1.88. The maximum absolute atomic E-state index is 12.8. The lowest BCUT2D eigenvalue weighted by atomic mass is 9.97. The van der Waals surface area contributed by atoms with Gasteiger partial charge in [-0.05, 0) is 36.5 Å². The molecule has 3 aromatic rings. The number of nitrogens with zero attached hydrogens (tertiary/aromatic N) is 4. The van der Waals surface area contributed by atoms with Crippen molar-refractivity contribution in [2.75, 3.05) is 0 Å². The molecule has 0 radical (unpaired) electrons. The van der Waals surface area contributed by atoms with E-state index in [1.165, 1.54) is 17.9 Å². The highest BCUT2D eigenvalue weighted by atomic mass is 35.5. The molecule has 0 fully saturated rings. The molecule has 0 spiro atoms. The molecule has 1 N–H and O–H groups in total. The number of fused-ring (bicyclic) bond motifs is 1. The quantitative estimate of drug-likeness (QED) is 0.621. The fraction of sp³-hybridized carbons (Fsp3) is 0.429. The third kappa shape index (κ3) is 4.48. The summed E-state index contributed by atoms with van der Waals surface area (Å²) in [6.07, 6.45) is 3.12. The van der Waals surface area contributed by atoms with Crippen LogP contribution in [0.25, 0.3) is 11.2 Å². The van der Waals surface area contributed by atoms with E-state index >= 15 is 0 Å². The number of rotatable bonds is 7. The summed E-state index contributed by atoms with van der Waals surface area (Å²) in [6.45, 7) is 3.87. The van der Waals surface area contributed by atoms with E-state index in [1.54, 1.807) is 23.7 Å². The van der Waals surface area contributed by atoms with Crippen molar-refractivity contribution in [2.24, 2.45) is 20.0 Å². The van der Waals surface area contributed by atoms with Gasteiger partial charge in [0.1, 0.15) is 6.54 Å². The molecular formula is C21H26ClN5O3. The topological polar surface area (TPSA) is 90.9 Å². The van der Waals surface area contributed by atoms with E-state index < -0.39 is 17.2 Å². The molecule has 0 aliphatic carbocycles. The molecule has 1 atom stereocenters. The minimum Gasteiger partial charge on any atom is -0.348 e. The summed E-state index contributed by atoms with van der Waals surface area (Å²) in [7, 11) is 3.21. The number of benzene rings is 1. The summed E-state index contributed by atoms with van der Waals surface area (Å²) < 4.78 is 3.77. The van der Waals surface area contributed by atoms with Crippen LogP contribution in [0.15, 0.2) is 40.2 Å². The van der Waals surface area contributed by atoms with Crippen LogP contribution in [0, 0.1) is 5.92 Å². The number of hydrogen-bond acceptors (Lipinski definition) is 4. The molecular weight excluding hydrogens is 406 g/mol. The van der Waals surface area contributed by atoms with Crippen LogP contribution in [0.3, 0.4) is 0 Å². The first-order valence-electron chi connectivity index (χ1n) is 9.84. The molecule has 1 unspecified atom stereocenters. The molecule has 0 saturated heterocycles. The van der Waals surface area contributed by atoms with Gasteiger partial charge in [-0.3, -0.25) is 14.2 Å². The second-order valence-electron chi connectivity index (χ2n) is 7.90. The lowest BCUT2D eigenvalue weighted by molar-refractivity contribution is -0.122. The molecule has 1 aromatic carbocycles. The van der Waals surface area contributed by atoms with Crippen molar-refractivity contribution >= 4 is 28.7 Å². The predicted molar refractivity (Wildman–Crippen MR) is 117 cm³/mol. The van der Waals surface area contributed by atoms with Gasteiger partial charge in [-0.1, -0.05) is 37.6 Å². The van der Waals surface area contributed by atoms with Crippen LogP contribution in [0.5, 0.6) is 0 Å². The number of nitrogens with one attached hydrogen (secondary N) is 1. The Hall–Kier alpha value is -2.87. The summed E-state index contributed by atoms with van der Waals surface area (Å²) in [5.41, 5.74) is 0.384. The molecule has 3 rings (SSSR count). The van der Waals surface area contributed by atoms with Crippen LogP contribution in [0.4, 0.5) is 0 Å². The molecule has 30 heavy (non-hydrogen) atoms. The van der Waals surface area contributed by atoms with Gasteiger partial charge in [0.25, 0.3) is 5.56 Å². The average Bonchev–Trinajstić information content (AvgIpc) is 3.09. The summed E-state index contributed by atoms with van der Waals surface area (Å²) in [5, 5.41) is 3.59. The van der Waals surface area contributed by atoms with Gasteiger partial charge in [0.2, 0.25) is 5.91 Å². The lowest BCUT2D eigenvalue weighted by Crippen LogP contribution is -2.44. The SMILES string of the molecule is CC(C)CCC(NC(=O)Cn1c(=O)c2c(ncn2C)n(C)c1=O)c1ccc(Cl)cc1. The van der Waals surface area contributed by atoms with Crippen LogP contribution in [0.2, 0.25) is 5.02 Å². The summed E-state index contributed by atoms with van der Waals surface area (Å²) >= 11 is 5.99. The van der Waals surface area contributed by atoms with Crippen molar-refractivity contribution in [3.05, 3.63) is 62.0 Å². The Labute approximate surface area is 179 Å². The zero-order valence-corrected chi connectivity index (χ0v) is 18.3. The van der Waals surface area contributed by atoms with Crippen molar-refractivity contribution < 1.29 is 4.79 Å². The van der Waals surface area contributed by atoms with Gasteiger partial charge >= 0.3 is 5.69 Å². The van der Waals surface area contributed by atoms with Gasteiger partial charge < -0.3 is 9.88 Å². The van der Waals surface area contributed by atoms with E-state index in [4.69, 9.17) is 11.6 Å². The first-order chi connectivity index (χ1) is 14.2. The molecule has 1 amide bonds. The van der Waals surface area contributed by atoms with Gasteiger partial charge in [-0.15, -0.1) is 0 Å². The summed E-state index contributed by atoms with van der Waals surface area (Å²) in [4.78, 5) is 42.4. The molecule has 8 nitrogen and oxygen atoms in total. The van der Waals surface area contributed by atoms with E-state index in [2.05, 4.69) is 24.1 Å². The van der Waals surface area contributed by atoms with Crippen LogP contribution in [0.1, 0.15) is 38.3 Å². The fourth-order valence-electron chi connectivity index (χ4n) is 3.44. The third-order valence-corrected chi connectivity index (χ3v) is 5.39. The molecule has 0 aliphatic heterocycles. The fourth-order valence-corrected chi connectivity index (χ4v) is 3.56. The normalized spacial score (nSPS) is 12.5. The van der Waals surface area contributed by atoms with E-state index in [0.717, 1.165) is 23.0 Å². The Morgan fingerprint density at radius 2 is 1.80 bits per heavy atom. The highest BCUT2D eigenvalue weighted by molar-refractivity contribution is 6.30. The van der Waals surface area contributed by atoms with Crippen LogP contribution >= 0.6 is 11.6 Å². The van der Waals surface area contributed by atoms with Crippen molar-refractivity contribution in [3.8, 4) is 0 Å². The first kappa shape index (κ1) is 21.8. The number of hydrogen-bond donors (Lipinski definition) is 1. The van der Waals surface area contributed by atoms with Gasteiger partial charge in [0, 0.05) is 19.1 Å². The summed E-state index contributed by atoms with van der Waals surface area (Å²) in [5.74, 6) is 0.0679. The molecule has 2 heterocycles. The van der Waals surface area contributed by atoms with E-state index in [-0.39, 0.29) is 18.1 Å². The Bertz CT molecular complexity index is 1170. The highest BCUT2D eigenvalue weighted by Crippen LogP contribution is 2.22. The average molecular weight is 432 g/mol. The van der Waals surface area contributed by atoms with Crippen molar-refractivity contribution in [3.63, 3.8) is 0 Å². The van der Waals surface area contributed by atoms with Crippen molar-refractivity contribution in [2.45, 2.75) is 39.3 Å². The maximum atomic E-state index is 12.8. The monoisotopic (exact) mass is 431 g/mol. The number of carbonyl (C=O) groups is 1. The number of carbonyl (C=O) groups excluding carboxylic acids is 1. The van der Waals surface area contributed by atoms with Gasteiger partial charge in [0.15, 0.2) is 11.2 Å². The molecule has 0 aliphatic rings. The van der Waals surface area contributed by atoms with E-state index in [0.29, 0.717) is 16.6 Å². The number of amides is 1. The largest absolute Gasteiger partial charge is 0.348 e. The van der Waals surface area contributed by atoms with Crippen LogP contribution < -0.4 is 16.6 Å². The number of aromatic nitrogens is 4. The van der Waals surface area contributed by atoms with Crippen molar-refractivity contribution in [1.29, 1.82) is 0 Å². The second kappa shape index (κ2) is 8.87. The highest BCUT2D eigenvalue weighted by Gasteiger charge is 2.20. The Morgan fingerprint density at radius 3 is 2.43 bits per heavy atom. The minimum absolute atomic E-state index is 0.239. The molecule has 2 aromatic heterocycles. The Kier molecular flexibility index (Phi) is 6.45. The van der Waals surface area contributed by atoms with E-state index in [1.807, 2.05) is 12.1 Å². The first-order valence-corrected chi connectivity index (χ1v) is 10.2. The number of imidazole rings is 1. The summed E-state index contributed by atoms with van der Waals surface area (Å²) in [6, 6.07) is 7.07. The van der Waals surface area contributed by atoms with Gasteiger partial charge in [-0.25, -0.2) is 14.3 Å². The molecule has 0 bridgehead atoms. The Morgan fingerprint density at radius 1 is 1.13 bits per heavy atom. The zero-order chi connectivity index (χ0) is 22.0. The zero-order valence-electron chi connectivity index (χ0n) is 17.6. The number of aryl methyl sites for hydroxylation is 2.